The van der Waals surface area contributed by atoms with Gasteiger partial charge in [0, 0.05) is 34.6 Å². The predicted octanol–water partition coefficient (Wildman–Crippen LogP) is 4.34. The highest BCUT2D eigenvalue weighted by molar-refractivity contribution is 6.31. The van der Waals surface area contributed by atoms with Crippen molar-refractivity contribution in [1.82, 2.24) is 4.98 Å². The van der Waals surface area contributed by atoms with Gasteiger partial charge in [0.15, 0.2) is 0 Å². The highest BCUT2D eigenvalue weighted by atomic mass is 35.5. The number of halogens is 1. The van der Waals surface area contributed by atoms with Crippen LogP contribution >= 0.6 is 11.6 Å². The van der Waals surface area contributed by atoms with Gasteiger partial charge in [-0.05, 0) is 29.7 Å². The fourth-order valence-corrected chi connectivity index (χ4v) is 3.02. The lowest BCUT2D eigenvalue weighted by Crippen LogP contribution is -2.04. The third-order valence-corrected chi connectivity index (χ3v) is 4.04. The standard InChI is InChI=1S/C17H16ClNO/c18-16-7-3-1-5-13(16)12(9-10-20)15-11-19-17-8-4-2-6-14(15)17/h1-8,11-12,19-20H,9-10H2. The molecule has 0 saturated heterocycles. The van der Waals surface area contributed by atoms with Crippen LogP contribution in [0.5, 0.6) is 0 Å². The highest BCUT2D eigenvalue weighted by Gasteiger charge is 2.19. The van der Waals surface area contributed by atoms with Crippen LogP contribution in [-0.2, 0) is 0 Å². The number of aromatic nitrogens is 1. The molecule has 2 nitrogen and oxygen atoms in total. The second kappa shape index (κ2) is 5.70. The number of nitrogens with one attached hydrogen (secondary N) is 1. The minimum atomic E-state index is 0.102. The lowest BCUT2D eigenvalue weighted by molar-refractivity contribution is 0.282. The maximum absolute atomic E-state index is 9.41. The second-order valence-corrected chi connectivity index (χ2v) is 5.28. The summed E-state index contributed by atoms with van der Waals surface area (Å²) in [6, 6.07) is 16.0. The van der Waals surface area contributed by atoms with Crippen LogP contribution in [0.1, 0.15) is 23.5 Å². The van der Waals surface area contributed by atoms with E-state index in [0.717, 1.165) is 16.1 Å². The molecule has 0 aliphatic heterocycles. The van der Waals surface area contributed by atoms with Crippen molar-refractivity contribution in [1.29, 1.82) is 0 Å². The summed E-state index contributed by atoms with van der Waals surface area (Å²) in [4.78, 5) is 3.29. The number of H-pyrrole nitrogens is 1. The molecule has 1 aromatic heterocycles. The number of hydrogen-bond acceptors (Lipinski definition) is 1. The Labute approximate surface area is 123 Å². The maximum Gasteiger partial charge on any atom is 0.0457 e. The van der Waals surface area contributed by atoms with Crippen LogP contribution in [0, 0.1) is 0 Å². The number of rotatable bonds is 4. The van der Waals surface area contributed by atoms with Gasteiger partial charge >= 0.3 is 0 Å². The first-order valence-corrected chi connectivity index (χ1v) is 7.10. The van der Waals surface area contributed by atoms with Crippen LogP contribution in [0.4, 0.5) is 0 Å². The van der Waals surface area contributed by atoms with Crippen molar-refractivity contribution in [2.24, 2.45) is 0 Å². The summed E-state index contributed by atoms with van der Waals surface area (Å²) in [5.74, 6) is 0.102. The molecule has 3 aromatic rings. The van der Waals surface area contributed by atoms with Crippen molar-refractivity contribution in [3.05, 3.63) is 70.9 Å². The molecule has 3 heteroatoms. The third kappa shape index (κ3) is 2.33. The Morgan fingerprint density at radius 3 is 2.55 bits per heavy atom. The molecule has 0 saturated carbocycles. The first kappa shape index (κ1) is 13.2. The largest absolute Gasteiger partial charge is 0.396 e. The Morgan fingerprint density at radius 1 is 1.00 bits per heavy atom. The van der Waals surface area contributed by atoms with Crippen LogP contribution in [0.2, 0.25) is 5.02 Å². The lowest BCUT2D eigenvalue weighted by Gasteiger charge is -2.17. The zero-order chi connectivity index (χ0) is 13.9. The molecular weight excluding hydrogens is 270 g/mol. The number of hydrogen-bond donors (Lipinski definition) is 2. The van der Waals surface area contributed by atoms with Crippen molar-refractivity contribution in [2.45, 2.75) is 12.3 Å². The SMILES string of the molecule is OCCC(c1ccccc1Cl)c1c[nH]c2ccccc12. The zero-order valence-electron chi connectivity index (χ0n) is 11.0. The van der Waals surface area contributed by atoms with E-state index in [1.54, 1.807) is 0 Å². The smallest absolute Gasteiger partial charge is 0.0457 e. The summed E-state index contributed by atoms with van der Waals surface area (Å²) < 4.78 is 0. The number of benzene rings is 2. The van der Waals surface area contributed by atoms with E-state index >= 15 is 0 Å². The van der Waals surface area contributed by atoms with Gasteiger partial charge in [-0.3, -0.25) is 0 Å². The average Bonchev–Trinajstić information content (AvgIpc) is 2.90. The van der Waals surface area contributed by atoms with Crippen LogP contribution in [-0.4, -0.2) is 16.7 Å². The normalized spacial score (nSPS) is 12.7. The second-order valence-electron chi connectivity index (χ2n) is 4.88. The Bertz CT molecular complexity index is 720. The minimum absolute atomic E-state index is 0.102. The van der Waals surface area contributed by atoms with Crippen LogP contribution in [0.3, 0.4) is 0 Å². The Balaban J connectivity index is 2.14. The summed E-state index contributed by atoms with van der Waals surface area (Å²) in [6.45, 7) is 0.134. The van der Waals surface area contributed by atoms with Gasteiger partial charge in [-0.1, -0.05) is 48.0 Å². The minimum Gasteiger partial charge on any atom is -0.396 e. The van der Waals surface area contributed by atoms with Crippen molar-refractivity contribution in [3.63, 3.8) is 0 Å². The number of fused-ring (bicyclic) bond motifs is 1. The molecular formula is C17H16ClNO. The van der Waals surface area contributed by atoms with E-state index in [4.69, 9.17) is 11.6 Å². The first-order valence-electron chi connectivity index (χ1n) is 6.72. The average molecular weight is 286 g/mol. The molecule has 2 N–H and O–H groups in total. The molecule has 2 aromatic carbocycles. The molecule has 0 aliphatic carbocycles. The summed E-state index contributed by atoms with van der Waals surface area (Å²) in [6.07, 6.45) is 2.68. The van der Waals surface area contributed by atoms with E-state index < -0.39 is 0 Å². The number of aliphatic hydroxyl groups excluding tert-OH is 1. The van der Waals surface area contributed by atoms with Crippen molar-refractivity contribution in [2.75, 3.05) is 6.61 Å². The molecule has 0 bridgehead atoms. The van der Waals surface area contributed by atoms with Gasteiger partial charge in [-0.25, -0.2) is 0 Å². The van der Waals surface area contributed by atoms with Gasteiger partial charge < -0.3 is 10.1 Å². The molecule has 1 atom stereocenters. The van der Waals surface area contributed by atoms with Crippen molar-refractivity contribution < 1.29 is 5.11 Å². The molecule has 102 valence electrons. The molecule has 1 unspecified atom stereocenters. The van der Waals surface area contributed by atoms with Crippen LogP contribution in [0.25, 0.3) is 10.9 Å². The van der Waals surface area contributed by atoms with E-state index in [1.165, 1.54) is 10.9 Å². The maximum atomic E-state index is 9.41. The molecule has 0 spiro atoms. The Hall–Kier alpha value is -1.77. The molecule has 0 radical (unpaired) electrons. The molecule has 0 fully saturated rings. The summed E-state index contributed by atoms with van der Waals surface area (Å²) >= 11 is 6.33. The quantitative estimate of drug-likeness (QED) is 0.735. The van der Waals surface area contributed by atoms with E-state index in [1.807, 2.05) is 42.6 Å². The number of aromatic amines is 1. The molecule has 3 rings (SSSR count). The van der Waals surface area contributed by atoms with Crippen LogP contribution in [0.15, 0.2) is 54.7 Å². The third-order valence-electron chi connectivity index (χ3n) is 3.70. The molecule has 20 heavy (non-hydrogen) atoms. The van der Waals surface area contributed by atoms with Gasteiger partial charge in [0.1, 0.15) is 0 Å². The Morgan fingerprint density at radius 2 is 1.75 bits per heavy atom. The van der Waals surface area contributed by atoms with Gasteiger partial charge in [-0.2, -0.15) is 0 Å². The monoisotopic (exact) mass is 285 g/mol. The van der Waals surface area contributed by atoms with Crippen molar-refractivity contribution >= 4 is 22.5 Å². The molecule has 0 amide bonds. The van der Waals surface area contributed by atoms with Gasteiger partial charge in [-0.15, -0.1) is 0 Å². The summed E-state index contributed by atoms with van der Waals surface area (Å²) in [7, 11) is 0. The Kier molecular flexibility index (Phi) is 3.77. The van der Waals surface area contributed by atoms with Gasteiger partial charge in [0.25, 0.3) is 0 Å². The number of aliphatic hydroxyl groups is 1. The van der Waals surface area contributed by atoms with E-state index in [2.05, 4.69) is 17.1 Å². The fourth-order valence-electron chi connectivity index (χ4n) is 2.75. The zero-order valence-corrected chi connectivity index (χ0v) is 11.8. The van der Waals surface area contributed by atoms with E-state index in [-0.39, 0.29) is 12.5 Å². The molecule has 1 heterocycles. The van der Waals surface area contributed by atoms with E-state index in [9.17, 15) is 5.11 Å². The van der Waals surface area contributed by atoms with Crippen LogP contribution < -0.4 is 0 Å². The molecule has 0 aliphatic rings. The topological polar surface area (TPSA) is 36.0 Å². The highest BCUT2D eigenvalue weighted by Crippen LogP contribution is 2.36. The number of para-hydroxylation sites is 1. The summed E-state index contributed by atoms with van der Waals surface area (Å²) in [5, 5.41) is 11.3. The van der Waals surface area contributed by atoms with E-state index in [0.29, 0.717) is 6.42 Å². The lowest BCUT2D eigenvalue weighted by atomic mass is 9.88. The van der Waals surface area contributed by atoms with Gasteiger partial charge in [0.05, 0.1) is 0 Å². The first-order chi connectivity index (χ1) is 9.81. The fraction of sp³-hybridized carbons (Fsp3) is 0.176. The predicted molar refractivity (Wildman–Crippen MR) is 83.3 cm³/mol. The van der Waals surface area contributed by atoms with Gasteiger partial charge in [0.2, 0.25) is 0 Å². The van der Waals surface area contributed by atoms with Crippen molar-refractivity contribution in [3.8, 4) is 0 Å². The summed E-state index contributed by atoms with van der Waals surface area (Å²) in [5.41, 5.74) is 3.35.